The van der Waals surface area contributed by atoms with Crippen LogP contribution in [0.1, 0.15) is 124 Å². The summed E-state index contributed by atoms with van der Waals surface area (Å²) in [7, 11) is 0. The molecule has 0 radical (unpaired) electrons. The molecule has 0 rings (SSSR count). The topological polar surface area (TPSA) is 207 Å². The minimum atomic E-state index is -1.32. The Balaban J connectivity index is 3.49. The predicted molar refractivity (Wildman–Crippen MR) is 175 cm³/mol. The molecular weight excluding hydrogens is 614 g/mol. The molecule has 5 N–H and O–H groups in total. The van der Waals surface area contributed by atoms with Crippen LogP contribution in [0.4, 0.5) is 0 Å². The van der Waals surface area contributed by atoms with Crippen molar-refractivity contribution in [1.82, 2.24) is 16.0 Å². The predicted octanol–water partition coefficient (Wildman–Crippen LogP) is 3.49. The summed E-state index contributed by atoms with van der Waals surface area (Å²) in [6.07, 6.45) is 8.93. The molecule has 0 saturated carbocycles. The molecule has 14 heteroatoms. The maximum Gasteiger partial charge on any atom is 0.326 e. The fourth-order valence-corrected chi connectivity index (χ4v) is 4.27. The number of carbonyl (C=O) groups excluding carboxylic acids is 4. The van der Waals surface area contributed by atoms with Crippen LogP contribution in [0.5, 0.6) is 0 Å². The Bertz CT molecular complexity index is 922. The lowest BCUT2D eigenvalue weighted by Gasteiger charge is -2.19. The number of aliphatic carboxylic acids is 2. The molecule has 1 unspecified atom stereocenters. The number of rotatable bonds is 30. The van der Waals surface area contributed by atoms with Crippen molar-refractivity contribution in [1.29, 1.82) is 0 Å². The van der Waals surface area contributed by atoms with Gasteiger partial charge in [-0.3, -0.25) is 24.0 Å². The van der Waals surface area contributed by atoms with Gasteiger partial charge in [-0.1, -0.05) is 25.7 Å². The second-order valence-electron chi connectivity index (χ2n) is 12.4. The van der Waals surface area contributed by atoms with Crippen LogP contribution < -0.4 is 16.0 Å². The van der Waals surface area contributed by atoms with E-state index in [1.54, 1.807) is 0 Å². The molecule has 0 bridgehead atoms. The Morgan fingerprint density at radius 3 is 1.55 bits per heavy atom. The lowest BCUT2D eigenvalue weighted by atomic mass is 10.1. The first-order valence-electron chi connectivity index (χ1n) is 16.9. The third-order valence-electron chi connectivity index (χ3n) is 6.72. The van der Waals surface area contributed by atoms with Gasteiger partial charge in [-0.25, -0.2) is 4.79 Å². The zero-order valence-electron chi connectivity index (χ0n) is 28.7. The molecule has 3 amide bonds. The van der Waals surface area contributed by atoms with Crippen LogP contribution in [0, 0.1) is 0 Å². The fourth-order valence-electron chi connectivity index (χ4n) is 4.27. The lowest BCUT2D eigenvalue weighted by molar-refractivity contribution is -0.155. The number of carboxylic acid groups (broad SMARTS) is 2. The van der Waals surface area contributed by atoms with Gasteiger partial charge in [-0.15, -0.1) is 0 Å². The summed E-state index contributed by atoms with van der Waals surface area (Å²) in [5.74, 6) is -3.53. The highest BCUT2D eigenvalue weighted by atomic mass is 16.6. The van der Waals surface area contributed by atoms with Crippen LogP contribution in [0.15, 0.2) is 0 Å². The molecule has 0 fully saturated rings. The number of esters is 1. The first-order chi connectivity index (χ1) is 22.3. The van der Waals surface area contributed by atoms with Crippen molar-refractivity contribution in [2.75, 3.05) is 39.5 Å². The zero-order chi connectivity index (χ0) is 35.3. The number of ether oxygens (including phenoxy) is 3. The summed E-state index contributed by atoms with van der Waals surface area (Å²) in [4.78, 5) is 69.1. The van der Waals surface area contributed by atoms with Crippen molar-refractivity contribution < 1.29 is 53.2 Å². The van der Waals surface area contributed by atoms with E-state index in [4.69, 9.17) is 24.4 Å². The molecule has 47 heavy (non-hydrogen) atoms. The maximum absolute atomic E-state index is 12.0. The number of unbranched alkanes of at least 4 members (excludes halogenated alkanes) is 6. The van der Waals surface area contributed by atoms with E-state index >= 15 is 0 Å². The van der Waals surface area contributed by atoms with Crippen LogP contribution in [-0.4, -0.2) is 97.0 Å². The Morgan fingerprint density at radius 2 is 1.04 bits per heavy atom. The van der Waals surface area contributed by atoms with E-state index in [1.165, 1.54) is 0 Å². The van der Waals surface area contributed by atoms with Crippen molar-refractivity contribution in [2.24, 2.45) is 0 Å². The summed E-state index contributed by atoms with van der Waals surface area (Å²) in [5, 5.41) is 25.5. The molecule has 14 nitrogen and oxygen atoms in total. The summed E-state index contributed by atoms with van der Waals surface area (Å²) in [6, 6.07) is -1.31. The molecule has 0 aromatic rings. The second kappa shape index (κ2) is 27.8. The van der Waals surface area contributed by atoms with Crippen molar-refractivity contribution in [3.8, 4) is 0 Å². The maximum atomic E-state index is 12.0. The van der Waals surface area contributed by atoms with Crippen LogP contribution in [0.2, 0.25) is 0 Å². The molecule has 0 aromatic carbocycles. The summed E-state index contributed by atoms with van der Waals surface area (Å²) in [6.45, 7) is 8.83. The van der Waals surface area contributed by atoms with Crippen molar-refractivity contribution in [3.05, 3.63) is 0 Å². The number of amides is 3. The molecule has 0 spiro atoms. The van der Waals surface area contributed by atoms with E-state index < -0.39 is 29.5 Å². The van der Waals surface area contributed by atoms with Gasteiger partial charge in [0.05, 0.1) is 0 Å². The minimum absolute atomic E-state index is 0.0661. The Kier molecular flexibility index (Phi) is 25.9. The lowest BCUT2D eigenvalue weighted by Crippen LogP contribution is -2.41. The highest BCUT2D eigenvalue weighted by Crippen LogP contribution is 2.12. The first-order valence-corrected chi connectivity index (χ1v) is 16.9. The van der Waals surface area contributed by atoms with Crippen LogP contribution in [0.3, 0.4) is 0 Å². The SMILES string of the molecule is CC(C)(C)OC(=O)CCCCCCCCC(=O)NCCCOCCCCOCCCNC(=O)CCC(=O)NC(CCC(=O)O)C(=O)O. The Hall–Kier alpha value is -3.26. The number of carbonyl (C=O) groups is 6. The van der Waals surface area contributed by atoms with Crippen molar-refractivity contribution in [2.45, 2.75) is 135 Å². The summed E-state index contributed by atoms with van der Waals surface area (Å²) >= 11 is 0. The van der Waals surface area contributed by atoms with E-state index in [0.717, 1.165) is 57.8 Å². The van der Waals surface area contributed by atoms with Crippen molar-refractivity contribution in [3.63, 3.8) is 0 Å². The third-order valence-corrected chi connectivity index (χ3v) is 6.72. The Morgan fingerprint density at radius 1 is 0.574 bits per heavy atom. The number of nitrogens with one attached hydrogen (secondary N) is 3. The van der Waals surface area contributed by atoms with Crippen LogP contribution in [0.25, 0.3) is 0 Å². The third kappa shape index (κ3) is 31.1. The van der Waals surface area contributed by atoms with Gasteiger partial charge < -0.3 is 40.4 Å². The van der Waals surface area contributed by atoms with E-state index in [1.807, 2.05) is 20.8 Å². The van der Waals surface area contributed by atoms with Crippen molar-refractivity contribution >= 4 is 35.6 Å². The molecule has 1 atom stereocenters. The average Bonchev–Trinajstić information content (AvgIpc) is 2.98. The quantitative estimate of drug-likeness (QED) is 0.0551. The van der Waals surface area contributed by atoms with E-state index in [-0.39, 0.29) is 43.5 Å². The standard InChI is InChI=1S/C33H59N3O11/c1-33(2,3)47-31(42)15-9-7-5-4-6-8-14-27(37)34-20-12-24-45-22-10-11-23-46-25-13-21-35-28(38)17-18-29(39)36-26(32(43)44)16-19-30(40)41/h26H,4-25H2,1-3H3,(H,34,37)(H,35,38)(H,36,39)(H,40,41)(H,43,44). The largest absolute Gasteiger partial charge is 0.481 e. The normalized spacial score (nSPS) is 11.8. The summed E-state index contributed by atoms with van der Waals surface area (Å²) in [5.41, 5.74) is -0.431. The smallest absolute Gasteiger partial charge is 0.326 e. The number of hydrogen-bond acceptors (Lipinski definition) is 9. The van der Waals surface area contributed by atoms with Gasteiger partial charge in [0, 0.05) is 71.6 Å². The van der Waals surface area contributed by atoms with Gasteiger partial charge in [0.1, 0.15) is 11.6 Å². The number of carboxylic acids is 2. The van der Waals surface area contributed by atoms with E-state index in [2.05, 4.69) is 16.0 Å². The molecule has 0 aromatic heterocycles. The van der Waals surface area contributed by atoms with Gasteiger partial charge in [0.2, 0.25) is 17.7 Å². The van der Waals surface area contributed by atoms with Crippen LogP contribution in [-0.2, 0) is 43.0 Å². The van der Waals surface area contributed by atoms with Gasteiger partial charge in [0.15, 0.2) is 0 Å². The monoisotopic (exact) mass is 673 g/mol. The van der Waals surface area contributed by atoms with Crippen LogP contribution >= 0.6 is 0 Å². The molecular formula is C33H59N3O11. The molecule has 272 valence electrons. The molecule has 0 aliphatic carbocycles. The van der Waals surface area contributed by atoms with E-state index in [0.29, 0.717) is 58.8 Å². The molecule has 0 aliphatic rings. The molecule has 0 saturated heterocycles. The number of hydrogen-bond donors (Lipinski definition) is 5. The fraction of sp³-hybridized carbons (Fsp3) is 0.818. The highest BCUT2D eigenvalue weighted by Gasteiger charge is 2.21. The van der Waals surface area contributed by atoms with E-state index in [9.17, 15) is 28.8 Å². The minimum Gasteiger partial charge on any atom is -0.481 e. The molecule has 0 heterocycles. The second-order valence-corrected chi connectivity index (χ2v) is 12.4. The Labute approximate surface area is 279 Å². The molecule has 0 aliphatic heterocycles. The zero-order valence-corrected chi connectivity index (χ0v) is 28.7. The van der Waals surface area contributed by atoms with Gasteiger partial charge in [-0.05, 0) is 65.7 Å². The first kappa shape index (κ1) is 43.7. The summed E-state index contributed by atoms with van der Waals surface area (Å²) < 4.78 is 16.4. The van der Waals surface area contributed by atoms with Gasteiger partial charge in [0.25, 0.3) is 0 Å². The average molecular weight is 674 g/mol. The van der Waals surface area contributed by atoms with Gasteiger partial charge in [-0.2, -0.15) is 0 Å². The highest BCUT2D eigenvalue weighted by molar-refractivity contribution is 5.87. The van der Waals surface area contributed by atoms with Gasteiger partial charge >= 0.3 is 17.9 Å².